The molecule has 0 saturated heterocycles. The lowest BCUT2D eigenvalue weighted by molar-refractivity contribution is -0.139. The van der Waals surface area contributed by atoms with Gasteiger partial charge in [-0.2, -0.15) is 0 Å². The molecule has 190 valence electrons. The highest BCUT2D eigenvalue weighted by molar-refractivity contribution is 5.83. The Labute approximate surface area is 211 Å². The molecule has 1 heterocycles. The van der Waals surface area contributed by atoms with Crippen molar-refractivity contribution in [2.75, 3.05) is 12.4 Å². The minimum Gasteiger partial charge on any atom is -0.469 e. The zero-order valence-electron chi connectivity index (χ0n) is 22.6. The third-order valence-corrected chi connectivity index (χ3v) is 6.82. The number of anilines is 2. The normalized spacial score (nSPS) is 17.7. The van der Waals surface area contributed by atoms with Gasteiger partial charge in [-0.1, -0.05) is 66.0 Å². The first-order chi connectivity index (χ1) is 16.8. The SMILES string of the molecule is CCC.COC(=O)Cc1cc2nc(Nc3ccc(C(C)C)cc3)n(C3CCCC(C)C3)c2cc1C. The van der Waals surface area contributed by atoms with Gasteiger partial charge in [0.2, 0.25) is 5.95 Å². The van der Waals surface area contributed by atoms with Gasteiger partial charge in [-0.3, -0.25) is 4.79 Å². The van der Waals surface area contributed by atoms with Crippen molar-refractivity contribution in [1.29, 1.82) is 0 Å². The quantitative estimate of drug-likeness (QED) is 0.364. The summed E-state index contributed by atoms with van der Waals surface area (Å²) in [4.78, 5) is 16.9. The molecule has 5 heteroatoms. The number of hydrogen-bond donors (Lipinski definition) is 1. The van der Waals surface area contributed by atoms with E-state index < -0.39 is 0 Å². The molecule has 0 radical (unpaired) electrons. The number of carbonyl (C=O) groups excluding carboxylic acids is 1. The van der Waals surface area contributed by atoms with E-state index in [1.54, 1.807) is 0 Å². The van der Waals surface area contributed by atoms with Crippen molar-refractivity contribution < 1.29 is 9.53 Å². The van der Waals surface area contributed by atoms with Crippen molar-refractivity contribution in [2.45, 2.75) is 92.0 Å². The van der Waals surface area contributed by atoms with Crippen molar-refractivity contribution in [2.24, 2.45) is 5.92 Å². The second kappa shape index (κ2) is 12.2. The van der Waals surface area contributed by atoms with Gasteiger partial charge in [0, 0.05) is 11.7 Å². The van der Waals surface area contributed by atoms with Crippen LogP contribution in [0.25, 0.3) is 11.0 Å². The van der Waals surface area contributed by atoms with E-state index in [1.165, 1.54) is 38.4 Å². The molecule has 2 unspecified atom stereocenters. The summed E-state index contributed by atoms with van der Waals surface area (Å²) >= 11 is 0. The van der Waals surface area contributed by atoms with E-state index in [0.717, 1.165) is 40.2 Å². The Kier molecular flexibility index (Phi) is 9.36. The topological polar surface area (TPSA) is 56.1 Å². The number of aromatic nitrogens is 2. The molecule has 1 aliphatic carbocycles. The van der Waals surface area contributed by atoms with E-state index in [4.69, 9.17) is 9.72 Å². The Bertz CT molecular complexity index is 1110. The third kappa shape index (κ3) is 6.65. The third-order valence-electron chi connectivity index (χ3n) is 6.82. The van der Waals surface area contributed by atoms with Gasteiger partial charge < -0.3 is 14.6 Å². The number of benzene rings is 2. The highest BCUT2D eigenvalue weighted by atomic mass is 16.5. The van der Waals surface area contributed by atoms with E-state index in [1.807, 2.05) is 0 Å². The fourth-order valence-electron chi connectivity index (χ4n) is 4.88. The molecule has 5 nitrogen and oxygen atoms in total. The molecule has 1 fully saturated rings. The van der Waals surface area contributed by atoms with Crippen LogP contribution in [-0.2, 0) is 16.0 Å². The van der Waals surface area contributed by atoms with Crippen molar-refractivity contribution in [3.63, 3.8) is 0 Å². The number of carbonyl (C=O) groups is 1. The number of rotatable bonds is 6. The summed E-state index contributed by atoms with van der Waals surface area (Å²) in [6.07, 6.45) is 6.39. The maximum atomic E-state index is 11.9. The number of nitrogens with one attached hydrogen (secondary N) is 1. The molecule has 1 aromatic heterocycles. The highest BCUT2D eigenvalue weighted by Gasteiger charge is 2.25. The van der Waals surface area contributed by atoms with E-state index in [2.05, 4.69) is 87.8 Å². The Morgan fingerprint density at radius 1 is 1.17 bits per heavy atom. The van der Waals surface area contributed by atoms with Crippen LogP contribution in [-0.4, -0.2) is 22.6 Å². The average molecular weight is 478 g/mol. The fraction of sp³-hybridized carbons (Fsp3) is 0.533. The van der Waals surface area contributed by atoms with Crippen molar-refractivity contribution in [3.05, 3.63) is 53.1 Å². The van der Waals surface area contributed by atoms with E-state index in [9.17, 15) is 4.79 Å². The van der Waals surface area contributed by atoms with Gasteiger partial charge in [-0.25, -0.2) is 4.98 Å². The van der Waals surface area contributed by atoms with E-state index in [-0.39, 0.29) is 12.4 Å². The summed E-state index contributed by atoms with van der Waals surface area (Å²) in [6, 6.07) is 13.3. The first kappa shape index (κ1) is 26.8. The van der Waals surface area contributed by atoms with Crippen LogP contribution >= 0.6 is 0 Å². The minimum absolute atomic E-state index is 0.225. The first-order valence-corrected chi connectivity index (χ1v) is 13.2. The van der Waals surface area contributed by atoms with Crippen molar-refractivity contribution in [3.8, 4) is 0 Å². The number of methoxy groups -OCH3 is 1. The molecular weight excluding hydrogens is 434 g/mol. The van der Waals surface area contributed by atoms with Crippen LogP contribution in [0, 0.1) is 12.8 Å². The molecule has 35 heavy (non-hydrogen) atoms. The standard InChI is InChI=1S/C27H35N3O2.C3H8/c1-17(2)20-9-11-22(12-10-20)28-27-29-24-15-21(16-26(31)32-5)19(4)14-25(24)30(27)23-8-6-7-18(3)13-23;1-3-2/h9-12,14-15,17-18,23H,6-8,13,16H2,1-5H3,(H,28,29);3H2,1-2H3. The van der Waals surface area contributed by atoms with Gasteiger partial charge in [0.15, 0.2) is 0 Å². The second-order valence-corrected chi connectivity index (χ2v) is 10.4. The fourth-order valence-corrected chi connectivity index (χ4v) is 4.88. The van der Waals surface area contributed by atoms with Gasteiger partial charge in [0.25, 0.3) is 0 Å². The molecule has 0 aliphatic heterocycles. The summed E-state index contributed by atoms with van der Waals surface area (Å²) in [7, 11) is 1.43. The zero-order valence-corrected chi connectivity index (χ0v) is 22.6. The molecule has 1 N–H and O–H groups in total. The van der Waals surface area contributed by atoms with Crippen LogP contribution in [0.2, 0.25) is 0 Å². The molecule has 2 aromatic carbocycles. The number of hydrogen-bond acceptors (Lipinski definition) is 4. The lowest BCUT2D eigenvalue weighted by Gasteiger charge is -2.29. The number of fused-ring (bicyclic) bond motifs is 1. The molecule has 1 saturated carbocycles. The smallest absolute Gasteiger partial charge is 0.309 e. The summed E-state index contributed by atoms with van der Waals surface area (Å²) < 4.78 is 7.28. The predicted molar refractivity (Wildman–Crippen MR) is 147 cm³/mol. The van der Waals surface area contributed by atoms with Crippen molar-refractivity contribution >= 4 is 28.6 Å². The second-order valence-electron chi connectivity index (χ2n) is 10.4. The summed E-state index contributed by atoms with van der Waals surface area (Å²) in [5.41, 5.74) is 6.50. The number of esters is 1. The van der Waals surface area contributed by atoms with Gasteiger partial charge >= 0.3 is 5.97 Å². The molecule has 0 bridgehead atoms. The van der Waals surface area contributed by atoms with Crippen LogP contribution < -0.4 is 5.32 Å². The van der Waals surface area contributed by atoms with Gasteiger partial charge in [0.05, 0.1) is 24.6 Å². The Balaban J connectivity index is 0.00000108. The van der Waals surface area contributed by atoms with Crippen LogP contribution in [0.15, 0.2) is 36.4 Å². The Morgan fingerprint density at radius 2 is 1.86 bits per heavy atom. The Hall–Kier alpha value is -2.82. The molecule has 4 rings (SSSR count). The summed E-state index contributed by atoms with van der Waals surface area (Å²) in [5.74, 6) is 1.88. The van der Waals surface area contributed by atoms with Gasteiger partial charge in [0.1, 0.15) is 0 Å². The minimum atomic E-state index is -0.225. The zero-order chi connectivity index (χ0) is 25.5. The molecule has 1 aliphatic rings. The van der Waals surface area contributed by atoms with Crippen LogP contribution in [0.5, 0.6) is 0 Å². The maximum Gasteiger partial charge on any atom is 0.309 e. The molecule has 3 aromatic rings. The number of imidazole rings is 1. The average Bonchev–Trinajstić information content (AvgIpc) is 3.16. The van der Waals surface area contributed by atoms with Gasteiger partial charge in [-0.15, -0.1) is 0 Å². The summed E-state index contributed by atoms with van der Waals surface area (Å²) in [5, 5.41) is 3.59. The first-order valence-electron chi connectivity index (χ1n) is 13.2. The number of aryl methyl sites for hydroxylation is 1. The van der Waals surface area contributed by atoms with Crippen LogP contribution in [0.3, 0.4) is 0 Å². The molecule has 0 spiro atoms. The molecule has 0 amide bonds. The number of ether oxygens (including phenoxy) is 1. The van der Waals surface area contributed by atoms with E-state index >= 15 is 0 Å². The molecule has 2 atom stereocenters. The predicted octanol–water partition coefficient (Wildman–Crippen LogP) is 8.09. The van der Waals surface area contributed by atoms with Crippen molar-refractivity contribution in [1.82, 2.24) is 9.55 Å². The maximum absolute atomic E-state index is 11.9. The summed E-state index contributed by atoms with van der Waals surface area (Å²) in [6.45, 7) is 13.1. The highest BCUT2D eigenvalue weighted by Crippen LogP contribution is 2.38. The molecular formula is C30H43N3O2. The lowest BCUT2D eigenvalue weighted by Crippen LogP contribution is -2.19. The lowest BCUT2D eigenvalue weighted by atomic mass is 9.87. The van der Waals surface area contributed by atoms with Crippen LogP contribution in [0.4, 0.5) is 11.6 Å². The largest absolute Gasteiger partial charge is 0.469 e. The van der Waals surface area contributed by atoms with Crippen LogP contribution in [0.1, 0.15) is 95.4 Å². The van der Waals surface area contributed by atoms with Gasteiger partial charge in [-0.05, 0) is 72.6 Å². The Morgan fingerprint density at radius 3 is 2.46 bits per heavy atom. The monoisotopic (exact) mass is 477 g/mol. The number of nitrogens with zero attached hydrogens (tertiary/aromatic N) is 2. The van der Waals surface area contributed by atoms with E-state index in [0.29, 0.717) is 17.9 Å².